The summed E-state index contributed by atoms with van der Waals surface area (Å²) in [6.45, 7) is 5.16. The van der Waals surface area contributed by atoms with E-state index in [1.54, 1.807) is 19.2 Å². The number of primary amides is 1. The Morgan fingerprint density at radius 1 is 1.19 bits per heavy atom. The van der Waals surface area contributed by atoms with E-state index in [-0.39, 0.29) is 6.10 Å². The van der Waals surface area contributed by atoms with E-state index >= 15 is 0 Å². The van der Waals surface area contributed by atoms with Gasteiger partial charge in [-0.2, -0.15) is 0 Å². The molecule has 2 N–H and O–H groups in total. The number of pyridine rings is 1. The lowest BCUT2D eigenvalue weighted by Gasteiger charge is -2.33. The van der Waals surface area contributed by atoms with Crippen LogP contribution in [0.1, 0.15) is 33.3 Å². The summed E-state index contributed by atoms with van der Waals surface area (Å²) in [5, 5.41) is 0. The quantitative estimate of drug-likeness (QED) is 0.661. The number of rotatable bonds is 6. The van der Waals surface area contributed by atoms with Crippen LogP contribution in [-0.2, 0) is 11.3 Å². The van der Waals surface area contributed by atoms with Gasteiger partial charge in [-0.25, -0.2) is 0 Å². The van der Waals surface area contributed by atoms with Gasteiger partial charge in [0.15, 0.2) is 0 Å². The highest BCUT2D eigenvalue weighted by molar-refractivity contribution is 5.94. The van der Waals surface area contributed by atoms with Crippen molar-refractivity contribution >= 4 is 5.91 Å². The Hall–Kier alpha value is -3.22. The summed E-state index contributed by atoms with van der Waals surface area (Å²) in [5.74, 6) is 0.482. The molecule has 1 aliphatic heterocycles. The molecule has 3 aromatic rings. The van der Waals surface area contributed by atoms with Crippen molar-refractivity contribution in [1.29, 1.82) is 0 Å². The van der Waals surface area contributed by atoms with Crippen molar-refractivity contribution in [2.45, 2.75) is 19.6 Å². The maximum absolute atomic E-state index is 11.4. The molecule has 31 heavy (non-hydrogen) atoms. The molecule has 1 amide bonds. The number of aryl methyl sites for hydroxylation is 1. The average molecular weight is 418 g/mol. The van der Waals surface area contributed by atoms with E-state index in [4.69, 9.17) is 15.2 Å². The predicted octanol–water partition coefficient (Wildman–Crippen LogP) is 3.74. The highest BCUT2D eigenvalue weighted by Crippen LogP contribution is 2.27. The largest absolute Gasteiger partial charge is 0.496 e. The van der Waals surface area contributed by atoms with Crippen LogP contribution in [0.5, 0.6) is 5.75 Å². The molecule has 0 radical (unpaired) electrons. The van der Waals surface area contributed by atoms with Crippen molar-refractivity contribution in [3.8, 4) is 16.9 Å². The summed E-state index contributed by atoms with van der Waals surface area (Å²) in [7, 11) is 1.71. The normalized spacial score (nSPS) is 16.8. The molecule has 0 bridgehead atoms. The van der Waals surface area contributed by atoms with Crippen LogP contribution < -0.4 is 10.5 Å². The monoisotopic (exact) mass is 417 g/mol. The minimum Gasteiger partial charge on any atom is -0.496 e. The Morgan fingerprint density at radius 3 is 2.81 bits per heavy atom. The van der Waals surface area contributed by atoms with Crippen LogP contribution >= 0.6 is 0 Å². The molecule has 1 aromatic heterocycles. The lowest BCUT2D eigenvalue weighted by Crippen LogP contribution is -2.38. The second-order valence-electron chi connectivity index (χ2n) is 7.83. The molecule has 1 aliphatic rings. The number of nitrogens with zero attached hydrogens (tertiary/aromatic N) is 2. The topological polar surface area (TPSA) is 77.7 Å². The van der Waals surface area contributed by atoms with Crippen molar-refractivity contribution in [2.75, 3.05) is 26.8 Å². The Labute approximate surface area is 182 Å². The van der Waals surface area contributed by atoms with Crippen LogP contribution in [0.2, 0.25) is 0 Å². The van der Waals surface area contributed by atoms with E-state index in [1.165, 1.54) is 11.1 Å². The Morgan fingerprint density at radius 2 is 2.06 bits per heavy atom. The molecule has 6 nitrogen and oxygen atoms in total. The van der Waals surface area contributed by atoms with Gasteiger partial charge in [-0.15, -0.1) is 0 Å². The van der Waals surface area contributed by atoms with Gasteiger partial charge in [0.1, 0.15) is 11.9 Å². The number of benzene rings is 2. The number of hydrogen-bond acceptors (Lipinski definition) is 5. The van der Waals surface area contributed by atoms with Gasteiger partial charge in [-0.05, 0) is 42.3 Å². The van der Waals surface area contributed by atoms with Gasteiger partial charge in [0.25, 0.3) is 0 Å². The molecule has 4 rings (SSSR count). The van der Waals surface area contributed by atoms with Gasteiger partial charge in [-0.1, -0.05) is 30.3 Å². The summed E-state index contributed by atoms with van der Waals surface area (Å²) in [4.78, 5) is 18.5. The standard InChI is InChI=1S/C25H27N3O3/c1-17-6-7-21(23(12-17)30-2)15-28-10-11-31-24(16-28)22-9-8-20(14-27-22)18-4-3-5-19(13-18)25(26)29/h3-9,12-14,24H,10-11,15-16H2,1-2H3,(H2,26,29)/t24-/m0/s1. The fourth-order valence-electron chi connectivity index (χ4n) is 3.87. The number of nitrogens with two attached hydrogens (primary N) is 1. The minimum absolute atomic E-state index is 0.0869. The number of methoxy groups -OCH3 is 1. The molecule has 1 atom stereocenters. The Kier molecular flexibility index (Phi) is 6.30. The van der Waals surface area contributed by atoms with Crippen molar-refractivity contribution in [3.63, 3.8) is 0 Å². The predicted molar refractivity (Wildman–Crippen MR) is 120 cm³/mol. The van der Waals surface area contributed by atoms with E-state index in [9.17, 15) is 4.79 Å². The molecule has 2 heterocycles. The fourth-order valence-corrected chi connectivity index (χ4v) is 3.87. The zero-order valence-electron chi connectivity index (χ0n) is 17.9. The number of amides is 1. The van der Waals surface area contributed by atoms with Gasteiger partial charge >= 0.3 is 0 Å². The maximum atomic E-state index is 11.4. The summed E-state index contributed by atoms with van der Waals surface area (Å²) in [6.07, 6.45) is 1.73. The van der Waals surface area contributed by atoms with Gasteiger partial charge in [-0.3, -0.25) is 14.7 Å². The Balaban J connectivity index is 1.46. The van der Waals surface area contributed by atoms with E-state index in [2.05, 4.69) is 35.0 Å². The first-order chi connectivity index (χ1) is 15.0. The van der Waals surface area contributed by atoms with Crippen LogP contribution in [0.25, 0.3) is 11.1 Å². The lowest BCUT2D eigenvalue weighted by molar-refractivity contribution is -0.0351. The van der Waals surface area contributed by atoms with Gasteiger partial charge < -0.3 is 15.2 Å². The first-order valence-electron chi connectivity index (χ1n) is 10.4. The number of morpholine rings is 1. The second-order valence-corrected chi connectivity index (χ2v) is 7.83. The SMILES string of the molecule is COc1cc(C)ccc1CN1CCO[C@H](c2ccc(-c3cccc(C(N)=O)c3)cn2)C1. The highest BCUT2D eigenvalue weighted by Gasteiger charge is 2.24. The van der Waals surface area contributed by atoms with Crippen molar-refractivity contribution < 1.29 is 14.3 Å². The van der Waals surface area contributed by atoms with Crippen LogP contribution in [-0.4, -0.2) is 42.6 Å². The molecule has 160 valence electrons. The molecule has 0 unspecified atom stereocenters. The number of carbonyl (C=O) groups is 1. The van der Waals surface area contributed by atoms with E-state index in [1.807, 2.05) is 30.5 Å². The number of ether oxygens (including phenoxy) is 2. The third kappa shape index (κ3) is 4.93. The van der Waals surface area contributed by atoms with Gasteiger partial charge in [0, 0.05) is 42.5 Å². The van der Waals surface area contributed by atoms with Crippen LogP contribution in [0.15, 0.2) is 60.8 Å². The third-order valence-corrected chi connectivity index (χ3v) is 5.58. The smallest absolute Gasteiger partial charge is 0.248 e. The zero-order valence-corrected chi connectivity index (χ0v) is 17.9. The highest BCUT2D eigenvalue weighted by atomic mass is 16.5. The fraction of sp³-hybridized carbons (Fsp3) is 0.280. The summed E-state index contributed by atoms with van der Waals surface area (Å²) in [5.41, 5.74) is 11.0. The van der Waals surface area contributed by atoms with Crippen molar-refractivity contribution in [2.24, 2.45) is 5.73 Å². The average Bonchev–Trinajstić information content (AvgIpc) is 2.80. The molecule has 2 aromatic carbocycles. The van der Waals surface area contributed by atoms with Gasteiger partial charge in [0.2, 0.25) is 5.91 Å². The van der Waals surface area contributed by atoms with Crippen LogP contribution in [0, 0.1) is 6.92 Å². The molecular weight excluding hydrogens is 390 g/mol. The molecule has 6 heteroatoms. The van der Waals surface area contributed by atoms with Crippen LogP contribution in [0.3, 0.4) is 0 Å². The first kappa shape index (κ1) is 21.0. The van der Waals surface area contributed by atoms with Crippen molar-refractivity contribution in [1.82, 2.24) is 9.88 Å². The summed E-state index contributed by atoms with van der Waals surface area (Å²) >= 11 is 0. The molecule has 0 saturated carbocycles. The van der Waals surface area contributed by atoms with Crippen molar-refractivity contribution in [3.05, 3.63) is 83.2 Å². The van der Waals surface area contributed by atoms with Crippen LogP contribution in [0.4, 0.5) is 0 Å². The first-order valence-corrected chi connectivity index (χ1v) is 10.4. The van der Waals surface area contributed by atoms with E-state index in [0.717, 1.165) is 42.2 Å². The Bertz CT molecular complexity index is 1070. The summed E-state index contributed by atoms with van der Waals surface area (Å²) < 4.78 is 11.6. The second kappa shape index (κ2) is 9.29. The number of carbonyl (C=O) groups excluding carboxylic acids is 1. The van der Waals surface area contributed by atoms with Gasteiger partial charge in [0.05, 0.1) is 19.4 Å². The number of aromatic nitrogens is 1. The number of hydrogen-bond donors (Lipinski definition) is 1. The maximum Gasteiger partial charge on any atom is 0.248 e. The molecule has 0 spiro atoms. The molecular formula is C25H27N3O3. The summed E-state index contributed by atoms with van der Waals surface area (Å²) in [6, 6.07) is 17.6. The minimum atomic E-state index is -0.438. The van der Waals surface area contributed by atoms with E-state index in [0.29, 0.717) is 12.2 Å². The van der Waals surface area contributed by atoms with E-state index < -0.39 is 5.91 Å². The molecule has 1 saturated heterocycles. The third-order valence-electron chi connectivity index (χ3n) is 5.58. The molecule has 0 aliphatic carbocycles. The zero-order chi connectivity index (χ0) is 21.8. The lowest BCUT2D eigenvalue weighted by atomic mass is 10.0. The molecule has 1 fully saturated rings.